The second-order valence-electron chi connectivity index (χ2n) is 26.1. The number of unbranched alkanes of at least 4 members (excludes halogenated alkanes) is 47. The van der Waals surface area contributed by atoms with E-state index in [1.165, 1.54) is 270 Å². The van der Waals surface area contributed by atoms with Gasteiger partial charge >= 0.3 is 13.8 Å². The van der Waals surface area contributed by atoms with E-state index in [-0.39, 0.29) is 25.1 Å². The lowest BCUT2D eigenvalue weighted by Gasteiger charge is -2.27. The van der Waals surface area contributed by atoms with Crippen molar-refractivity contribution in [3.05, 3.63) is 36.5 Å². The van der Waals surface area contributed by atoms with E-state index in [9.17, 15) is 19.0 Å². The molecule has 0 aliphatic heterocycles. The van der Waals surface area contributed by atoms with Gasteiger partial charge in [0.05, 0.1) is 33.8 Å². The molecule has 3 atom stereocenters. The molecule has 0 spiro atoms. The minimum Gasteiger partial charge on any atom is -0.456 e. The van der Waals surface area contributed by atoms with Crippen LogP contribution in [0.5, 0.6) is 0 Å². The van der Waals surface area contributed by atoms with E-state index in [1.54, 1.807) is 0 Å². The van der Waals surface area contributed by atoms with Crippen molar-refractivity contribution in [2.24, 2.45) is 0 Å². The summed E-state index contributed by atoms with van der Waals surface area (Å²) in [4.78, 5) is 37.9. The first-order valence-corrected chi connectivity index (χ1v) is 37.8. The first-order valence-electron chi connectivity index (χ1n) is 36.3. The van der Waals surface area contributed by atoms with Gasteiger partial charge in [-0.3, -0.25) is 18.6 Å². The molecule has 0 rings (SSSR count). The number of amides is 1. The van der Waals surface area contributed by atoms with Crippen LogP contribution in [0.2, 0.25) is 0 Å². The van der Waals surface area contributed by atoms with E-state index in [2.05, 4.69) is 50.4 Å². The number of hydrogen-bond donors (Lipinski definition) is 2. The monoisotopic (exact) mass is 1190 g/mol. The zero-order chi connectivity index (χ0) is 60.7. The number of quaternary nitrogens is 1. The summed E-state index contributed by atoms with van der Waals surface area (Å²) >= 11 is 0. The van der Waals surface area contributed by atoms with E-state index in [4.69, 9.17) is 13.8 Å². The van der Waals surface area contributed by atoms with Gasteiger partial charge < -0.3 is 19.4 Å². The van der Waals surface area contributed by atoms with Gasteiger partial charge in [-0.1, -0.05) is 327 Å². The Labute approximate surface area is 516 Å². The van der Waals surface area contributed by atoms with Crippen LogP contribution < -0.4 is 5.32 Å². The molecule has 1 amide bonds. The van der Waals surface area contributed by atoms with Crippen molar-refractivity contribution in [1.29, 1.82) is 0 Å². The van der Waals surface area contributed by atoms with Gasteiger partial charge in [0.2, 0.25) is 5.91 Å². The van der Waals surface area contributed by atoms with Gasteiger partial charge in [0.15, 0.2) is 0 Å². The third kappa shape index (κ3) is 64.5. The van der Waals surface area contributed by atoms with Crippen LogP contribution >= 0.6 is 7.82 Å². The van der Waals surface area contributed by atoms with Crippen molar-refractivity contribution in [2.45, 2.75) is 380 Å². The van der Waals surface area contributed by atoms with Crippen LogP contribution in [0, 0.1) is 0 Å². The molecule has 0 bridgehead atoms. The zero-order valence-corrected chi connectivity index (χ0v) is 57.1. The highest BCUT2D eigenvalue weighted by Crippen LogP contribution is 2.43. The Balaban J connectivity index is 4.93. The van der Waals surface area contributed by atoms with Gasteiger partial charge in [-0.25, -0.2) is 4.57 Å². The average Bonchev–Trinajstić information content (AvgIpc) is 3.51. The summed E-state index contributed by atoms with van der Waals surface area (Å²) in [5, 5.41) is 3.08. The van der Waals surface area contributed by atoms with Crippen molar-refractivity contribution >= 4 is 19.7 Å². The van der Waals surface area contributed by atoms with E-state index in [1.807, 2.05) is 33.3 Å². The summed E-state index contributed by atoms with van der Waals surface area (Å²) < 4.78 is 30.8. The Hall–Kier alpha value is -1.77. The highest BCUT2D eigenvalue weighted by Gasteiger charge is 2.30. The van der Waals surface area contributed by atoms with Gasteiger partial charge in [-0.15, -0.1) is 0 Å². The van der Waals surface area contributed by atoms with Crippen molar-refractivity contribution < 1.29 is 37.3 Å². The number of ether oxygens (including phenoxy) is 1. The van der Waals surface area contributed by atoms with Crippen LogP contribution in [0.25, 0.3) is 0 Å². The second-order valence-corrected chi connectivity index (χ2v) is 27.6. The molecule has 0 aliphatic rings. The van der Waals surface area contributed by atoms with Crippen molar-refractivity contribution in [3.63, 3.8) is 0 Å². The minimum atomic E-state index is -4.45. The molecule has 0 heterocycles. The number of allylic oxidation sites excluding steroid dienone is 5. The normalized spacial score (nSPS) is 13.7. The fourth-order valence-electron chi connectivity index (χ4n) is 11.0. The molecule has 0 fully saturated rings. The van der Waals surface area contributed by atoms with Gasteiger partial charge in [0.1, 0.15) is 19.3 Å². The van der Waals surface area contributed by atoms with Crippen molar-refractivity contribution in [1.82, 2.24) is 5.32 Å². The number of carbonyl (C=O) groups is 2. The minimum absolute atomic E-state index is 0.0439. The molecule has 3 unspecified atom stereocenters. The molecule has 10 heteroatoms. The topological polar surface area (TPSA) is 111 Å². The molecule has 0 aromatic heterocycles. The van der Waals surface area contributed by atoms with Crippen LogP contribution in [0.15, 0.2) is 36.5 Å². The molecule has 0 aliphatic carbocycles. The number of likely N-dealkylation sites (N-methyl/N-ethyl adjacent to an activating group) is 1. The van der Waals surface area contributed by atoms with Crippen molar-refractivity contribution in [3.8, 4) is 0 Å². The molecule has 0 aromatic rings. The maximum absolute atomic E-state index is 13.6. The summed E-state index contributed by atoms with van der Waals surface area (Å²) in [6.45, 7) is 7.05. The van der Waals surface area contributed by atoms with Gasteiger partial charge in [0.25, 0.3) is 0 Å². The van der Waals surface area contributed by atoms with E-state index in [0.717, 1.165) is 64.2 Å². The molecule has 0 aromatic carbocycles. The van der Waals surface area contributed by atoms with E-state index >= 15 is 0 Å². The predicted octanol–water partition coefficient (Wildman–Crippen LogP) is 23.0. The number of rotatable bonds is 67. The Bertz CT molecular complexity index is 1510. The average molecular weight is 1190 g/mol. The quantitative estimate of drug-likeness (QED) is 0.0205. The maximum atomic E-state index is 13.6. The second kappa shape index (κ2) is 63.3. The van der Waals surface area contributed by atoms with Crippen LogP contribution in [-0.2, 0) is 27.9 Å². The van der Waals surface area contributed by atoms with Gasteiger partial charge in [0, 0.05) is 12.8 Å². The highest BCUT2D eigenvalue weighted by atomic mass is 31.2. The number of phosphoric ester groups is 1. The number of hydrogen-bond acceptors (Lipinski definition) is 6. The van der Waals surface area contributed by atoms with Crippen LogP contribution in [0.3, 0.4) is 0 Å². The highest BCUT2D eigenvalue weighted by molar-refractivity contribution is 7.47. The lowest BCUT2D eigenvalue weighted by molar-refractivity contribution is -0.870. The van der Waals surface area contributed by atoms with Gasteiger partial charge in [-0.2, -0.15) is 0 Å². The van der Waals surface area contributed by atoms with Crippen LogP contribution in [0.4, 0.5) is 0 Å². The van der Waals surface area contributed by atoms with Gasteiger partial charge in [-0.05, 0) is 63.9 Å². The SMILES string of the molecule is CCCCC/C=C\C/C=C\CCCCCCCCCCCCCCCCCCCC(=O)OC(/C=C/CCCCCCCCCCC)C(COP(=O)(O)OCC[N+](C)(C)C)NC(=O)CCCCCCCCCCCCCCCCCCCCC. The van der Waals surface area contributed by atoms with Crippen molar-refractivity contribution in [2.75, 3.05) is 40.9 Å². The first kappa shape index (κ1) is 81.2. The number of carbonyl (C=O) groups excluding carboxylic acids is 2. The molecule has 0 saturated heterocycles. The fraction of sp³-hybridized carbons (Fsp3) is 0.890. The maximum Gasteiger partial charge on any atom is 0.472 e. The van der Waals surface area contributed by atoms with Crippen LogP contribution in [0.1, 0.15) is 367 Å². The molecule has 9 nitrogen and oxygen atoms in total. The first-order chi connectivity index (χ1) is 40.4. The summed E-state index contributed by atoms with van der Waals surface area (Å²) in [5.41, 5.74) is 0. The molecule has 83 heavy (non-hydrogen) atoms. The molecule has 2 N–H and O–H groups in total. The summed E-state index contributed by atoms with van der Waals surface area (Å²) in [6.07, 6.45) is 78.8. The molecular formula is C73H142N2O7P+. The summed E-state index contributed by atoms with van der Waals surface area (Å²) in [7, 11) is 1.52. The Morgan fingerprint density at radius 1 is 0.422 bits per heavy atom. The number of nitrogens with one attached hydrogen (secondary N) is 1. The lowest BCUT2D eigenvalue weighted by Crippen LogP contribution is -2.47. The Morgan fingerprint density at radius 3 is 1.11 bits per heavy atom. The molecular weight excluding hydrogens is 1050 g/mol. The zero-order valence-electron chi connectivity index (χ0n) is 56.2. The molecule has 490 valence electrons. The smallest absolute Gasteiger partial charge is 0.456 e. The third-order valence-corrected chi connectivity index (χ3v) is 17.6. The predicted molar refractivity (Wildman–Crippen MR) is 360 cm³/mol. The summed E-state index contributed by atoms with van der Waals surface area (Å²) in [6, 6.07) is -0.843. The Morgan fingerprint density at radius 2 is 0.735 bits per heavy atom. The van der Waals surface area contributed by atoms with E-state index in [0.29, 0.717) is 23.9 Å². The Kier molecular flexibility index (Phi) is 61.9. The third-order valence-electron chi connectivity index (χ3n) is 16.6. The molecule has 0 saturated carbocycles. The summed E-state index contributed by atoms with van der Waals surface area (Å²) in [5.74, 6) is -0.483. The fourth-order valence-corrected chi connectivity index (χ4v) is 11.7. The van der Waals surface area contributed by atoms with Crippen LogP contribution in [-0.4, -0.2) is 74.3 Å². The largest absolute Gasteiger partial charge is 0.472 e. The van der Waals surface area contributed by atoms with E-state index < -0.39 is 20.0 Å². The number of nitrogens with zero attached hydrogens (tertiary/aromatic N) is 1. The standard InChI is InChI=1S/C73H141N2O7P/c1-7-10-13-16-19-22-25-27-29-31-33-34-35-36-37-38-39-40-42-44-46-48-51-54-57-60-63-66-73(77)82-71(64-61-58-55-52-49-24-21-18-15-12-9-3)70(69-81-83(78,79)80-68-67-75(4,5)6)74-72(76)65-62-59-56-53-50-47-45-43-41-32-30-28-26-23-20-17-14-11-8-2/h19,22,27,29,61,64,70-71H,7-18,20-21,23-26,28,30-60,62-63,65-69H2,1-6H3,(H-,74,76,78,79)/p+1/b22-19-,29-27-,64-61+. The number of phosphoric acid groups is 1. The molecule has 0 radical (unpaired) electrons. The lowest BCUT2D eigenvalue weighted by atomic mass is 10.0. The number of esters is 1.